The number of fused-ring (bicyclic) bond motifs is 2. The maximum Gasteiger partial charge on any atom is 0.273 e. The zero-order valence-corrected chi connectivity index (χ0v) is 11.2. The molecule has 3 rings (SSSR count). The number of hydrogen-bond acceptors (Lipinski definition) is 3. The van der Waals surface area contributed by atoms with Gasteiger partial charge in [0.2, 0.25) is 5.91 Å². The number of benzene rings is 1. The average molecular weight is 274 g/mol. The zero-order chi connectivity index (χ0) is 14.1. The van der Waals surface area contributed by atoms with Gasteiger partial charge in [-0.25, -0.2) is 0 Å². The highest BCUT2D eigenvalue weighted by Crippen LogP contribution is 2.44. The Labute approximate surface area is 117 Å². The van der Waals surface area contributed by atoms with E-state index in [-0.39, 0.29) is 24.1 Å². The number of nitrogens with one attached hydrogen (secondary N) is 1. The molecule has 2 saturated carbocycles. The van der Waals surface area contributed by atoms with Crippen LogP contribution < -0.4 is 5.32 Å². The van der Waals surface area contributed by atoms with Crippen molar-refractivity contribution in [1.29, 1.82) is 0 Å². The van der Waals surface area contributed by atoms with Crippen LogP contribution in [0.5, 0.6) is 0 Å². The molecule has 1 aromatic carbocycles. The first-order valence-corrected chi connectivity index (χ1v) is 7.15. The van der Waals surface area contributed by atoms with Crippen molar-refractivity contribution in [3.05, 3.63) is 39.9 Å². The van der Waals surface area contributed by atoms with Crippen molar-refractivity contribution in [2.75, 3.05) is 0 Å². The number of nitro benzene ring substituents is 1. The molecule has 1 N–H and O–H groups in total. The zero-order valence-electron chi connectivity index (χ0n) is 11.2. The predicted octanol–water partition coefficient (Wildman–Crippen LogP) is 2.44. The van der Waals surface area contributed by atoms with E-state index in [0.29, 0.717) is 11.5 Å². The minimum absolute atomic E-state index is 0.0237. The van der Waals surface area contributed by atoms with E-state index in [1.54, 1.807) is 18.2 Å². The minimum Gasteiger partial charge on any atom is -0.353 e. The van der Waals surface area contributed by atoms with Crippen LogP contribution in [0.2, 0.25) is 0 Å². The van der Waals surface area contributed by atoms with Crippen LogP contribution in [0.4, 0.5) is 5.69 Å². The molecule has 0 aliphatic heterocycles. The number of para-hydroxylation sites is 1. The second-order valence-corrected chi connectivity index (χ2v) is 5.91. The molecule has 0 radical (unpaired) electrons. The van der Waals surface area contributed by atoms with Crippen LogP contribution in [0, 0.1) is 22.0 Å². The normalized spacial score (nSPS) is 27.5. The second kappa shape index (κ2) is 5.23. The van der Waals surface area contributed by atoms with Gasteiger partial charge in [-0.15, -0.1) is 0 Å². The summed E-state index contributed by atoms with van der Waals surface area (Å²) in [6.45, 7) is 0. The number of nitro groups is 1. The Kier molecular flexibility index (Phi) is 3.42. The molecule has 106 valence electrons. The van der Waals surface area contributed by atoms with Crippen LogP contribution in [0.1, 0.15) is 31.2 Å². The summed E-state index contributed by atoms with van der Waals surface area (Å²) >= 11 is 0. The van der Waals surface area contributed by atoms with Gasteiger partial charge in [-0.3, -0.25) is 14.9 Å². The Morgan fingerprint density at radius 2 is 2.10 bits per heavy atom. The van der Waals surface area contributed by atoms with Crippen molar-refractivity contribution >= 4 is 11.6 Å². The third-order valence-electron chi connectivity index (χ3n) is 4.62. The molecule has 0 spiro atoms. The summed E-state index contributed by atoms with van der Waals surface area (Å²) < 4.78 is 0. The molecule has 2 fully saturated rings. The standard InChI is InChI=1S/C15H18N2O3/c18-15(16-13-8-10-5-6-11(13)7-10)9-12-3-1-2-4-14(12)17(19)20/h1-4,10-11,13H,5-9H2,(H,16,18)/t10-,11+,13+/m0/s1. The van der Waals surface area contributed by atoms with Gasteiger partial charge in [0.1, 0.15) is 0 Å². The van der Waals surface area contributed by atoms with Gasteiger partial charge in [0, 0.05) is 17.7 Å². The van der Waals surface area contributed by atoms with E-state index in [9.17, 15) is 14.9 Å². The van der Waals surface area contributed by atoms with Gasteiger partial charge >= 0.3 is 0 Å². The van der Waals surface area contributed by atoms with Crippen molar-refractivity contribution < 1.29 is 9.72 Å². The molecular weight excluding hydrogens is 256 g/mol. The highest BCUT2D eigenvalue weighted by atomic mass is 16.6. The molecule has 2 aliphatic carbocycles. The lowest BCUT2D eigenvalue weighted by Gasteiger charge is -2.22. The molecule has 5 nitrogen and oxygen atoms in total. The summed E-state index contributed by atoms with van der Waals surface area (Å²) in [5.41, 5.74) is 0.508. The highest BCUT2D eigenvalue weighted by Gasteiger charge is 2.40. The predicted molar refractivity (Wildman–Crippen MR) is 74.2 cm³/mol. The molecule has 5 heteroatoms. The molecule has 0 unspecified atom stereocenters. The fourth-order valence-electron chi connectivity index (χ4n) is 3.69. The van der Waals surface area contributed by atoms with Crippen LogP contribution in [-0.4, -0.2) is 16.9 Å². The number of hydrogen-bond donors (Lipinski definition) is 1. The molecule has 2 aliphatic rings. The number of carbonyl (C=O) groups excluding carboxylic acids is 1. The molecule has 1 amide bonds. The summed E-state index contributed by atoms with van der Waals surface area (Å²) in [5, 5.41) is 14.0. The van der Waals surface area contributed by atoms with Crippen LogP contribution in [0.3, 0.4) is 0 Å². The first kappa shape index (κ1) is 13.1. The van der Waals surface area contributed by atoms with Gasteiger partial charge in [0.25, 0.3) is 5.69 Å². The number of nitrogens with zero attached hydrogens (tertiary/aromatic N) is 1. The fraction of sp³-hybridized carbons (Fsp3) is 0.533. The lowest BCUT2D eigenvalue weighted by molar-refractivity contribution is -0.385. The van der Waals surface area contributed by atoms with Gasteiger partial charge in [-0.2, -0.15) is 0 Å². The molecule has 2 bridgehead atoms. The lowest BCUT2D eigenvalue weighted by Crippen LogP contribution is -2.39. The summed E-state index contributed by atoms with van der Waals surface area (Å²) in [7, 11) is 0. The topological polar surface area (TPSA) is 72.2 Å². The number of amides is 1. The number of carbonyl (C=O) groups is 1. The van der Waals surface area contributed by atoms with Crippen LogP contribution in [0.25, 0.3) is 0 Å². The summed E-state index contributed by atoms with van der Waals surface area (Å²) in [6.07, 6.45) is 4.90. The van der Waals surface area contributed by atoms with Crippen molar-refractivity contribution in [2.45, 2.75) is 38.1 Å². The molecule has 1 aromatic rings. The van der Waals surface area contributed by atoms with Gasteiger partial charge < -0.3 is 5.32 Å². The van der Waals surface area contributed by atoms with Crippen molar-refractivity contribution in [3.8, 4) is 0 Å². The minimum atomic E-state index is -0.430. The van der Waals surface area contributed by atoms with E-state index in [1.807, 2.05) is 0 Å². The average Bonchev–Trinajstić information content (AvgIpc) is 3.01. The summed E-state index contributed by atoms with van der Waals surface area (Å²) in [6, 6.07) is 6.73. The van der Waals surface area contributed by atoms with E-state index in [4.69, 9.17) is 0 Å². The third kappa shape index (κ3) is 2.53. The maximum atomic E-state index is 12.1. The second-order valence-electron chi connectivity index (χ2n) is 5.91. The summed E-state index contributed by atoms with van der Waals surface area (Å²) in [4.78, 5) is 22.6. The molecule has 20 heavy (non-hydrogen) atoms. The summed E-state index contributed by atoms with van der Waals surface area (Å²) in [5.74, 6) is 1.29. The SMILES string of the molecule is O=C(Cc1ccccc1[N+](=O)[O-])N[C@@H]1C[C@H]2CC[C@@H]1C2. The molecule has 0 heterocycles. The van der Waals surface area contributed by atoms with E-state index < -0.39 is 4.92 Å². The van der Waals surface area contributed by atoms with Gasteiger partial charge in [-0.1, -0.05) is 24.6 Å². The maximum absolute atomic E-state index is 12.1. The van der Waals surface area contributed by atoms with Gasteiger partial charge in [0.05, 0.1) is 11.3 Å². The largest absolute Gasteiger partial charge is 0.353 e. The smallest absolute Gasteiger partial charge is 0.273 e. The Hall–Kier alpha value is -1.91. The highest BCUT2D eigenvalue weighted by molar-refractivity contribution is 5.80. The Balaban J connectivity index is 1.63. The first-order valence-electron chi connectivity index (χ1n) is 7.15. The quantitative estimate of drug-likeness (QED) is 0.677. The Morgan fingerprint density at radius 3 is 2.75 bits per heavy atom. The van der Waals surface area contributed by atoms with Crippen LogP contribution in [0.15, 0.2) is 24.3 Å². The van der Waals surface area contributed by atoms with Crippen molar-refractivity contribution in [1.82, 2.24) is 5.32 Å². The number of rotatable bonds is 4. The van der Waals surface area contributed by atoms with Crippen molar-refractivity contribution in [3.63, 3.8) is 0 Å². The monoisotopic (exact) mass is 274 g/mol. The molecular formula is C15H18N2O3. The third-order valence-corrected chi connectivity index (χ3v) is 4.62. The van der Waals surface area contributed by atoms with Gasteiger partial charge in [-0.05, 0) is 31.1 Å². The van der Waals surface area contributed by atoms with E-state index in [1.165, 1.54) is 25.3 Å². The Bertz CT molecular complexity index is 544. The van der Waals surface area contributed by atoms with E-state index in [0.717, 1.165) is 12.3 Å². The van der Waals surface area contributed by atoms with Crippen LogP contribution in [-0.2, 0) is 11.2 Å². The van der Waals surface area contributed by atoms with E-state index >= 15 is 0 Å². The lowest BCUT2D eigenvalue weighted by atomic mass is 9.95. The van der Waals surface area contributed by atoms with Crippen molar-refractivity contribution in [2.24, 2.45) is 11.8 Å². The molecule has 0 saturated heterocycles. The van der Waals surface area contributed by atoms with Gasteiger partial charge in [0.15, 0.2) is 0 Å². The van der Waals surface area contributed by atoms with E-state index in [2.05, 4.69) is 5.32 Å². The van der Waals surface area contributed by atoms with Crippen LogP contribution >= 0.6 is 0 Å². The first-order chi connectivity index (χ1) is 9.63. The molecule has 3 atom stereocenters. The fourth-order valence-corrected chi connectivity index (χ4v) is 3.69. The molecule has 0 aromatic heterocycles. The Morgan fingerprint density at radius 1 is 1.30 bits per heavy atom.